The van der Waals surface area contributed by atoms with E-state index >= 15 is 0 Å². The number of carbonyl (C=O) groups excluding carboxylic acids is 1. The number of hydrogen-bond donors (Lipinski definition) is 3. The third kappa shape index (κ3) is 5.58. The van der Waals surface area contributed by atoms with Crippen LogP contribution in [0.25, 0.3) is 11.3 Å². The topological polar surface area (TPSA) is 103 Å². The molecule has 2 aliphatic rings. The van der Waals surface area contributed by atoms with Crippen molar-refractivity contribution in [1.82, 2.24) is 15.3 Å². The third-order valence-electron chi connectivity index (χ3n) is 6.62. The predicted molar refractivity (Wildman–Crippen MR) is 141 cm³/mol. The average Bonchev–Trinajstić information content (AvgIpc) is 3.43. The fourth-order valence-corrected chi connectivity index (χ4v) is 4.75. The van der Waals surface area contributed by atoms with Crippen molar-refractivity contribution in [3.63, 3.8) is 0 Å². The molecule has 1 aromatic heterocycles. The van der Waals surface area contributed by atoms with Crippen molar-refractivity contribution in [2.75, 3.05) is 61.1 Å². The van der Waals surface area contributed by atoms with Gasteiger partial charge in [-0.05, 0) is 55.3 Å². The maximum Gasteiger partial charge on any atom is 0.242 e. The molecule has 2 fully saturated rings. The standard InChI is InChI=1S/C27H32N6O3/c34-17-13-28-26(35)25-2-1-14-33(25)23-7-3-20(4-8-23)24-11-12-29-27(31-24)30-21-5-9-22(10-6-21)32-15-18-36-19-16-32/h3-12,25,34H,1-2,13-19H2,(H,28,35)(H,29,30,31)/t25-/m0/s1. The Morgan fingerprint density at radius 3 is 2.50 bits per heavy atom. The minimum atomic E-state index is -0.202. The molecule has 0 aliphatic carbocycles. The summed E-state index contributed by atoms with van der Waals surface area (Å²) in [6.45, 7) is 4.41. The second kappa shape index (κ2) is 11.4. The van der Waals surface area contributed by atoms with Crippen molar-refractivity contribution in [2.24, 2.45) is 0 Å². The van der Waals surface area contributed by atoms with E-state index in [-0.39, 0.29) is 25.1 Å². The number of ether oxygens (including phenoxy) is 1. The molecule has 0 spiro atoms. The lowest BCUT2D eigenvalue weighted by molar-refractivity contribution is -0.122. The first-order valence-corrected chi connectivity index (χ1v) is 12.5. The SMILES string of the molecule is O=C(NCCO)[C@@H]1CCCN1c1ccc(-c2ccnc(Nc3ccc(N4CCOCC4)cc3)n2)cc1. The molecule has 2 aliphatic heterocycles. The van der Waals surface area contributed by atoms with Crippen molar-refractivity contribution >= 4 is 28.9 Å². The molecule has 3 N–H and O–H groups in total. The van der Waals surface area contributed by atoms with E-state index in [0.29, 0.717) is 5.95 Å². The number of rotatable bonds is 8. The van der Waals surface area contributed by atoms with E-state index in [1.807, 2.05) is 42.5 Å². The van der Waals surface area contributed by atoms with E-state index < -0.39 is 0 Å². The first-order valence-electron chi connectivity index (χ1n) is 12.5. The second-order valence-electron chi connectivity index (χ2n) is 8.95. The first kappa shape index (κ1) is 24.0. The lowest BCUT2D eigenvalue weighted by Gasteiger charge is -2.28. The van der Waals surface area contributed by atoms with Gasteiger partial charge in [-0.1, -0.05) is 12.1 Å². The molecule has 2 saturated heterocycles. The summed E-state index contributed by atoms with van der Waals surface area (Å²) in [5.74, 6) is 0.506. The Morgan fingerprint density at radius 1 is 1.00 bits per heavy atom. The van der Waals surface area contributed by atoms with Crippen LogP contribution >= 0.6 is 0 Å². The summed E-state index contributed by atoms with van der Waals surface area (Å²) in [5, 5.41) is 15.1. The molecular weight excluding hydrogens is 456 g/mol. The molecular formula is C27H32N6O3. The summed E-state index contributed by atoms with van der Waals surface area (Å²) in [6.07, 6.45) is 3.53. The molecule has 3 heterocycles. The van der Waals surface area contributed by atoms with Crippen LogP contribution in [0.15, 0.2) is 60.8 Å². The van der Waals surface area contributed by atoms with Crippen molar-refractivity contribution in [3.05, 3.63) is 60.8 Å². The summed E-state index contributed by atoms with van der Waals surface area (Å²) >= 11 is 0. The van der Waals surface area contributed by atoms with Crippen LogP contribution in [0.2, 0.25) is 0 Å². The third-order valence-corrected chi connectivity index (χ3v) is 6.62. The van der Waals surface area contributed by atoms with Crippen LogP contribution in [0.5, 0.6) is 0 Å². The van der Waals surface area contributed by atoms with Crippen molar-refractivity contribution in [2.45, 2.75) is 18.9 Å². The van der Waals surface area contributed by atoms with E-state index in [4.69, 9.17) is 14.8 Å². The van der Waals surface area contributed by atoms with E-state index in [0.717, 1.165) is 68.3 Å². The zero-order chi connectivity index (χ0) is 24.7. The summed E-state index contributed by atoms with van der Waals surface area (Å²) in [6, 6.07) is 18.1. The molecule has 0 saturated carbocycles. The minimum Gasteiger partial charge on any atom is -0.395 e. The summed E-state index contributed by atoms with van der Waals surface area (Å²) in [5.41, 5.74) is 4.92. The Balaban J connectivity index is 1.25. The number of amides is 1. The quantitative estimate of drug-likeness (QED) is 0.445. The van der Waals surface area contributed by atoms with Crippen LogP contribution in [0.1, 0.15) is 12.8 Å². The van der Waals surface area contributed by atoms with Gasteiger partial charge in [0.1, 0.15) is 6.04 Å². The van der Waals surface area contributed by atoms with Gasteiger partial charge in [0.25, 0.3) is 0 Å². The molecule has 9 heteroatoms. The van der Waals surface area contributed by atoms with E-state index in [9.17, 15) is 4.79 Å². The van der Waals surface area contributed by atoms with Crippen molar-refractivity contribution in [1.29, 1.82) is 0 Å². The highest BCUT2D eigenvalue weighted by Crippen LogP contribution is 2.29. The molecule has 0 unspecified atom stereocenters. The lowest BCUT2D eigenvalue weighted by Crippen LogP contribution is -2.44. The molecule has 5 rings (SSSR count). The Morgan fingerprint density at radius 2 is 1.75 bits per heavy atom. The van der Waals surface area contributed by atoms with Crippen LogP contribution in [-0.2, 0) is 9.53 Å². The Hall–Kier alpha value is -3.69. The number of morpholine rings is 1. The molecule has 2 aromatic carbocycles. The van der Waals surface area contributed by atoms with Gasteiger partial charge in [-0.25, -0.2) is 9.97 Å². The zero-order valence-electron chi connectivity index (χ0n) is 20.3. The number of aromatic nitrogens is 2. The molecule has 3 aromatic rings. The van der Waals surface area contributed by atoms with Gasteiger partial charge < -0.3 is 30.3 Å². The van der Waals surface area contributed by atoms with Gasteiger partial charge in [-0.2, -0.15) is 0 Å². The number of benzene rings is 2. The van der Waals surface area contributed by atoms with Crippen LogP contribution in [0.3, 0.4) is 0 Å². The van der Waals surface area contributed by atoms with E-state index in [1.54, 1.807) is 6.20 Å². The number of aliphatic hydroxyl groups is 1. The predicted octanol–water partition coefficient (Wildman–Crippen LogP) is 2.80. The minimum absolute atomic E-state index is 0.0323. The fraction of sp³-hybridized carbons (Fsp3) is 0.370. The van der Waals surface area contributed by atoms with Crippen molar-refractivity contribution in [3.8, 4) is 11.3 Å². The van der Waals surface area contributed by atoms with Gasteiger partial charge >= 0.3 is 0 Å². The van der Waals surface area contributed by atoms with Crippen LogP contribution < -0.4 is 20.4 Å². The lowest BCUT2D eigenvalue weighted by atomic mass is 10.1. The van der Waals surface area contributed by atoms with Crippen LogP contribution in [-0.4, -0.2) is 73.0 Å². The molecule has 188 valence electrons. The Kier molecular flexibility index (Phi) is 7.58. The summed E-state index contributed by atoms with van der Waals surface area (Å²) in [4.78, 5) is 26.0. The maximum atomic E-state index is 12.5. The van der Waals surface area contributed by atoms with Gasteiger partial charge in [-0.15, -0.1) is 0 Å². The highest BCUT2D eigenvalue weighted by atomic mass is 16.5. The smallest absolute Gasteiger partial charge is 0.242 e. The number of aliphatic hydroxyl groups excluding tert-OH is 1. The summed E-state index contributed by atoms with van der Waals surface area (Å²) < 4.78 is 5.43. The van der Waals surface area contributed by atoms with Gasteiger partial charge in [0.2, 0.25) is 11.9 Å². The number of carbonyl (C=O) groups is 1. The van der Waals surface area contributed by atoms with Crippen LogP contribution in [0.4, 0.5) is 23.0 Å². The largest absolute Gasteiger partial charge is 0.395 e. The molecule has 0 radical (unpaired) electrons. The molecule has 0 bridgehead atoms. The molecule has 9 nitrogen and oxygen atoms in total. The Bertz CT molecular complexity index is 1150. The van der Waals surface area contributed by atoms with E-state index in [1.165, 1.54) is 5.69 Å². The second-order valence-corrected chi connectivity index (χ2v) is 8.95. The first-order chi connectivity index (χ1) is 17.7. The number of hydrogen-bond acceptors (Lipinski definition) is 8. The molecule has 1 amide bonds. The number of nitrogens with zero attached hydrogens (tertiary/aromatic N) is 4. The zero-order valence-corrected chi connectivity index (χ0v) is 20.3. The van der Waals surface area contributed by atoms with Crippen LogP contribution in [0, 0.1) is 0 Å². The average molecular weight is 489 g/mol. The highest BCUT2D eigenvalue weighted by molar-refractivity contribution is 5.86. The Labute approximate surface area is 211 Å². The van der Waals surface area contributed by atoms with Gasteiger partial charge in [0.05, 0.1) is 25.5 Å². The molecule has 36 heavy (non-hydrogen) atoms. The maximum absolute atomic E-state index is 12.5. The van der Waals surface area contributed by atoms with Gasteiger partial charge in [0.15, 0.2) is 0 Å². The highest BCUT2D eigenvalue weighted by Gasteiger charge is 2.30. The van der Waals surface area contributed by atoms with Gasteiger partial charge in [0, 0.05) is 55.0 Å². The monoisotopic (exact) mass is 488 g/mol. The fourth-order valence-electron chi connectivity index (χ4n) is 4.75. The van der Waals surface area contributed by atoms with Gasteiger partial charge in [-0.3, -0.25) is 4.79 Å². The van der Waals surface area contributed by atoms with Crippen molar-refractivity contribution < 1.29 is 14.6 Å². The number of anilines is 4. The normalized spacial score (nSPS) is 17.8. The number of nitrogens with one attached hydrogen (secondary N) is 2. The van der Waals surface area contributed by atoms with E-state index in [2.05, 4.69) is 37.6 Å². The molecule has 1 atom stereocenters. The summed E-state index contributed by atoms with van der Waals surface area (Å²) in [7, 11) is 0.